The van der Waals surface area contributed by atoms with E-state index < -0.39 is 40.6 Å². The summed E-state index contributed by atoms with van der Waals surface area (Å²) < 4.78 is 62.1. The van der Waals surface area contributed by atoms with Crippen molar-refractivity contribution in [3.63, 3.8) is 0 Å². The maximum atomic E-state index is 12.6. The number of benzene rings is 1. The number of nitrogens with two attached hydrogens (primary N) is 2. The van der Waals surface area contributed by atoms with E-state index in [0.29, 0.717) is 0 Å². The summed E-state index contributed by atoms with van der Waals surface area (Å²) in [5.74, 6) is -13.9. The van der Waals surface area contributed by atoms with Crippen LogP contribution in [0, 0.1) is 35.5 Å². The third-order valence-corrected chi connectivity index (χ3v) is 2.74. The first kappa shape index (κ1) is 26.7. The number of carboxylic acid groups (broad SMARTS) is 1. The van der Waals surface area contributed by atoms with E-state index in [2.05, 4.69) is 6.42 Å². The Hall–Kier alpha value is -1.23. The minimum atomic E-state index is -2.38. The van der Waals surface area contributed by atoms with Crippen molar-refractivity contribution in [1.29, 1.82) is 0 Å². The van der Waals surface area contributed by atoms with Gasteiger partial charge < -0.3 is 23.8 Å². The van der Waals surface area contributed by atoms with Gasteiger partial charge in [-0.3, -0.25) is 0 Å². The molecule has 0 spiro atoms. The molecule has 10 heteroatoms. The summed E-state index contributed by atoms with van der Waals surface area (Å²) in [4.78, 5) is 10.1. The maximum absolute atomic E-state index is 12.6. The molecule has 1 fully saturated rings. The van der Waals surface area contributed by atoms with Crippen LogP contribution in [0.4, 0.5) is 22.0 Å². The molecular formula is C13H16CoF5N2O2. The minimum Gasteiger partial charge on any atom is -0.693 e. The van der Waals surface area contributed by atoms with E-state index in [-0.39, 0.29) is 29.1 Å². The number of carboxylic acids is 1. The van der Waals surface area contributed by atoms with Crippen LogP contribution in [-0.4, -0.2) is 11.1 Å². The third-order valence-electron chi connectivity index (χ3n) is 2.74. The van der Waals surface area contributed by atoms with Crippen molar-refractivity contribution in [3.8, 4) is 0 Å². The Bertz CT molecular complexity index is 473. The Labute approximate surface area is 140 Å². The Morgan fingerprint density at radius 2 is 1.13 bits per heavy atom. The van der Waals surface area contributed by atoms with Crippen LogP contribution in [0.25, 0.3) is 12.3 Å². The van der Waals surface area contributed by atoms with Crippen molar-refractivity contribution in [2.24, 2.45) is 0 Å². The van der Waals surface area contributed by atoms with Crippen molar-refractivity contribution in [3.05, 3.63) is 53.4 Å². The van der Waals surface area contributed by atoms with E-state index in [1.165, 1.54) is 32.1 Å². The fraction of sp³-hybridized carbons (Fsp3) is 0.385. The number of hydrogen-bond donors (Lipinski definition) is 1. The average molecular weight is 386 g/mol. The normalized spacial score (nSPS) is 12.6. The molecule has 134 valence electrons. The Kier molecular flexibility index (Phi) is 14.2. The second-order valence-corrected chi connectivity index (χ2v) is 4.18. The maximum Gasteiger partial charge on any atom is 3.00 e. The topological polar surface area (TPSA) is 104 Å². The molecule has 0 radical (unpaired) electrons. The van der Waals surface area contributed by atoms with E-state index in [4.69, 9.17) is 5.11 Å². The van der Waals surface area contributed by atoms with Crippen LogP contribution in [0.15, 0.2) is 0 Å². The molecule has 23 heavy (non-hydrogen) atoms. The zero-order valence-corrected chi connectivity index (χ0v) is 12.9. The summed E-state index contributed by atoms with van der Waals surface area (Å²) in [6.45, 7) is 0. The first-order chi connectivity index (χ1) is 9.37. The summed E-state index contributed by atoms with van der Waals surface area (Å²) in [6.07, 6.45) is 9.50. The summed E-state index contributed by atoms with van der Waals surface area (Å²) in [6, 6.07) is 0. The molecular weight excluding hydrogens is 370 g/mol. The smallest absolute Gasteiger partial charge is 0.693 e. The van der Waals surface area contributed by atoms with Crippen molar-refractivity contribution in [1.82, 2.24) is 0 Å². The van der Waals surface area contributed by atoms with Gasteiger partial charge in [0.2, 0.25) is 5.82 Å². The molecule has 0 atom stereocenters. The first-order valence-electron chi connectivity index (χ1n) is 5.94. The van der Waals surface area contributed by atoms with Gasteiger partial charge in [-0.05, 0) is 0 Å². The van der Waals surface area contributed by atoms with Gasteiger partial charge in [0.1, 0.15) is 5.56 Å². The number of rotatable bonds is 1. The summed E-state index contributed by atoms with van der Waals surface area (Å²) in [5, 5.41) is 8.15. The molecule has 4 nitrogen and oxygen atoms in total. The molecule has 1 aliphatic carbocycles. The molecule has 1 aliphatic rings. The largest absolute Gasteiger partial charge is 3.00 e. The van der Waals surface area contributed by atoms with Gasteiger partial charge in [-0.15, -0.1) is 0 Å². The van der Waals surface area contributed by atoms with Crippen LogP contribution >= 0.6 is 0 Å². The summed E-state index contributed by atoms with van der Waals surface area (Å²) in [5.41, 5.74) is -1.86. The molecule has 0 amide bonds. The molecule has 0 bridgehead atoms. The van der Waals surface area contributed by atoms with Crippen molar-refractivity contribution < 1.29 is 48.6 Å². The number of aromatic carboxylic acids is 1. The van der Waals surface area contributed by atoms with Gasteiger partial charge in [0, 0.05) is 0 Å². The van der Waals surface area contributed by atoms with Crippen LogP contribution in [0.1, 0.15) is 42.5 Å². The van der Waals surface area contributed by atoms with Crippen LogP contribution in [0.3, 0.4) is 0 Å². The van der Waals surface area contributed by atoms with Gasteiger partial charge in [-0.1, -0.05) is 19.3 Å². The van der Waals surface area contributed by atoms with Gasteiger partial charge in [-0.2, -0.15) is 12.8 Å². The zero-order valence-electron chi connectivity index (χ0n) is 11.8. The molecule has 0 saturated heterocycles. The second-order valence-electron chi connectivity index (χ2n) is 4.18. The standard InChI is InChI=1S/C7HF5O2.C6H11.Co.2H2N/c8-2-1(7(13)14)3(9)5(11)6(12)4(2)10;1-2-4-6-5-3-1;;;/h(H,13,14);1H,2-6H2;;2*1H2/q;-1;+3;2*-1. The van der Waals surface area contributed by atoms with Crippen LogP contribution < -0.4 is 0 Å². The first-order valence-corrected chi connectivity index (χ1v) is 5.94. The molecule has 0 heterocycles. The van der Waals surface area contributed by atoms with Crippen molar-refractivity contribution in [2.75, 3.05) is 0 Å². The second kappa shape index (κ2) is 12.2. The summed E-state index contributed by atoms with van der Waals surface area (Å²) in [7, 11) is 0. The van der Waals surface area contributed by atoms with Crippen LogP contribution in [0.5, 0.6) is 0 Å². The Morgan fingerprint density at radius 1 is 0.783 bits per heavy atom. The predicted molar refractivity (Wildman–Crippen MR) is 71.1 cm³/mol. The van der Waals surface area contributed by atoms with E-state index in [1.807, 2.05) is 0 Å². The molecule has 0 aliphatic heterocycles. The van der Waals surface area contributed by atoms with Crippen molar-refractivity contribution in [2.45, 2.75) is 32.1 Å². The number of hydrogen-bond acceptors (Lipinski definition) is 1. The monoisotopic (exact) mass is 386 g/mol. The van der Waals surface area contributed by atoms with E-state index >= 15 is 0 Å². The van der Waals surface area contributed by atoms with E-state index in [0.717, 1.165) is 0 Å². The van der Waals surface area contributed by atoms with Gasteiger partial charge >= 0.3 is 22.7 Å². The van der Waals surface area contributed by atoms with E-state index in [9.17, 15) is 26.7 Å². The van der Waals surface area contributed by atoms with Crippen molar-refractivity contribution >= 4 is 5.97 Å². The summed E-state index contributed by atoms with van der Waals surface area (Å²) >= 11 is 0. The molecule has 0 unspecified atom stereocenters. The number of halogens is 5. The SMILES string of the molecule is O=C(O)c1c(F)c(F)c(F)c(F)c1F.[CH-]1CCCCC1.[Co+3].[NH2-].[NH2-]. The van der Waals surface area contributed by atoms with Gasteiger partial charge in [0.05, 0.1) is 0 Å². The van der Waals surface area contributed by atoms with Gasteiger partial charge in [0.25, 0.3) is 0 Å². The number of carbonyl (C=O) groups is 1. The van der Waals surface area contributed by atoms with Gasteiger partial charge in [0.15, 0.2) is 23.3 Å². The molecule has 1 aromatic rings. The van der Waals surface area contributed by atoms with E-state index in [1.54, 1.807) is 0 Å². The molecule has 2 rings (SSSR count). The zero-order chi connectivity index (χ0) is 15.3. The molecule has 5 N–H and O–H groups in total. The fourth-order valence-electron chi connectivity index (χ4n) is 1.69. The van der Waals surface area contributed by atoms with Crippen LogP contribution in [0.2, 0.25) is 0 Å². The molecule has 0 aromatic heterocycles. The average Bonchev–Trinajstić information content (AvgIpc) is 2.45. The minimum absolute atomic E-state index is 0. The Morgan fingerprint density at radius 3 is 1.35 bits per heavy atom. The molecule has 1 saturated carbocycles. The third kappa shape index (κ3) is 6.81. The molecule has 1 aromatic carbocycles. The Balaban J connectivity index is -0.000000382. The van der Waals surface area contributed by atoms with Crippen LogP contribution in [-0.2, 0) is 16.8 Å². The predicted octanol–water partition coefficient (Wildman–Crippen LogP) is 5.67. The quantitative estimate of drug-likeness (QED) is 0.291. The fourth-order valence-corrected chi connectivity index (χ4v) is 1.69. The van der Waals surface area contributed by atoms with Gasteiger partial charge in [-0.25, -0.2) is 26.7 Å².